The first-order valence-electron chi connectivity index (χ1n) is 8.63. The molecule has 0 aliphatic rings. The molecule has 1 rings (SSSR count). The molecule has 0 heterocycles. The van der Waals surface area contributed by atoms with Crippen LogP contribution in [0.1, 0.15) is 36.7 Å². The highest BCUT2D eigenvalue weighted by Gasteiger charge is 2.23. The lowest BCUT2D eigenvalue weighted by Crippen LogP contribution is -2.50. The minimum Gasteiger partial charge on any atom is -0.383 e. The predicted molar refractivity (Wildman–Crippen MR) is 109 cm³/mol. The molecule has 0 fully saturated rings. The molecule has 152 valence electrons. The number of carbonyl (C=O) groups is 1. The quantitative estimate of drug-likeness (QED) is 0.432. The maximum absolute atomic E-state index is 12.7. The zero-order valence-corrected chi connectivity index (χ0v) is 18.0. The molecule has 0 unspecified atom stereocenters. The van der Waals surface area contributed by atoms with Gasteiger partial charge in [-0.25, -0.2) is 8.42 Å². The molecule has 10 heteroatoms. The second-order valence-corrected chi connectivity index (χ2v) is 8.32. The normalized spacial score (nSPS) is 12.5. The molecular formula is C17H28N4O4S2. The molecule has 3 N–H and O–H groups in total. The fourth-order valence-corrected chi connectivity index (χ4v) is 4.19. The van der Waals surface area contributed by atoms with E-state index in [2.05, 4.69) is 16.2 Å². The molecule has 1 aromatic carbocycles. The highest BCUT2D eigenvalue weighted by molar-refractivity contribution is 7.89. The van der Waals surface area contributed by atoms with Crippen LogP contribution in [0.25, 0.3) is 0 Å². The van der Waals surface area contributed by atoms with E-state index in [4.69, 9.17) is 17.0 Å². The fourth-order valence-electron chi connectivity index (χ4n) is 2.45. The van der Waals surface area contributed by atoms with Crippen LogP contribution in [0.5, 0.6) is 0 Å². The molecule has 1 atom stereocenters. The zero-order valence-electron chi connectivity index (χ0n) is 16.3. The first kappa shape index (κ1) is 23.3. The van der Waals surface area contributed by atoms with E-state index in [0.29, 0.717) is 25.3 Å². The number of aryl methyl sites for hydroxylation is 1. The summed E-state index contributed by atoms with van der Waals surface area (Å²) in [7, 11) is -2.06. The Labute approximate surface area is 166 Å². The summed E-state index contributed by atoms with van der Waals surface area (Å²) in [5, 5.41) is 3.18. The Balaban J connectivity index is 2.91. The van der Waals surface area contributed by atoms with Crippen molar-refractivity contribution in [1.82, 2.24) is 20.5 Å². The summed E-state index contributed by atoms with van der Waals surface area (Å²) < 4.78 is 31.7. The largest absolute Gasteiger partial charge is 0.383 e. The van der Waals surface area contributed by atoms with Crippen LogP contribution in [-0.2, 0) is 14.8 Å². The number of amides is 1. The predicted octanol–water partition coefficient (Wildman–Crippen LogP) is 1.17. The summed E-state index contributed by atoms with van der Waals surface area (Å²) in [6, 6.07) is 4.47. The molecule has 0 saturated heterocycles. The van der Waals surface area contributed by atoms with Gasteiger partial charge in [0.15, 0.2) is 5.11 Å². The number of thiocarbonyl (C=S) groups is 1. The van der Waals surface area contributed by atoms with E-state index in [0.717, 1.165) is 0 Å². The molecule has 0 aromatic heterocycles. The summed E-state index contributed by atoms with van der Waals surface area (Å²) in [6.45, 7) is 8.33. The molecule has 0 bridgehead atoms. The summed E-state index contributed by atoms with van der Waals surface area (Å²) in [5.41, 5.74) is 5.99. The summed E-state index contributed by atoms with van der Waals surface area (Å²) in [4.78, 5) is 12.6. The molecule has 0 spiro atoms. The molecule has 27 heavy (non-hydrogen) atoms. The Hall–Kier alpha value is -1.75. The average Bonchev–Trinajstić information content (AvgIpc) is 2.60. The number of hydrazine groups is 1. The van der Waals surface area contributed by atoms with Crippen LogP contribution in [0.15, 0.2) is 23.1 Å². The SMILES string of the molecule is CCN(CC)S(=O)(=O)c1ccc(C)c(C(=O)NNC(=S)N[C@@H](C)COC)c1. The number of hydrogen-bond acceptors (Lipinski definition) is 5. The van der Waals surface area contributed by atoms with Crippen LogP contribution in [0.3, 0.4) is 0 Å². The third kappa shape index (κ3) is 6.42. The van der Waals surface area contributed by atoms with Crippen LogP contribution < -0.4 is 16.2 Å². The van der Waals surface area contributed by atoms with Gasteiger partial charge in [-0.1, -0.05) is 19.9 Å². The van der Waals surface area contributed by atoms with Gasteiger partial charge in [-0.2, -0.15) is 4.31 Å². The van der Waals surface area contributed by atoms with Gasteiger partial charge in [0.1, 0.15) is 0 Å². The number of ether oxygens (including phenoxy) is 1. The van der Waals surface area contributed by atoms with Gasteiger partial charge in [0.05, 0.1) is 11.5 Å². The Morgan fingerprint density at radius 2 is 1.89 bits per heavy atom. The Morgan fingerprint density at radius 1 is 1.26 bits per heavy atom. The zero-order chi connectivity index (χ0) is 20.6. The minimum absolute atomic E-state index is 0.0313. The lowest BCUT2D eigenvalue weighted by molar-refractivity contribution is 0.0942. The van der Waals surface area contributed by atoms with Gasteiger partial charge < -0.3 is 10.1 Å². The van der Waals surface area contributed by atoms with Crippen molar-refractivity contribution >= 4 is 33.3 Å². The number of nitrogens with one attached hydrogen (secondary N) is 3. The van der Waals surface area contributed by atoms with E-state index in [1.54, 1.807) is 33.9 Å². The second kappa shape index (κ2) is 10.5. The van der Waals surface area contributed by atoms with Crippen molar-refractivity contribution in [1.29, 1.82) is 0 Å². The van der Waals surface area contributed by atoms with Crippen molar-refractivity contribution in [2.75, 3.05) is 26.8 Å². The van der Waals surface area contributed by atoms with Crippen molar-refractivity contribution in [3.05, 3.63) is 29.3 Å². The summed E-state index contributed by atoms with van der Waals surface area (Å²) in [6.07, 6.45) is 0. The van der Waals surface area contributed by atoms with E-state index in [1.807, 2.05) is 6.92 Å². The van der Waals surface area contributed by atoms with Crippen molar-refractivity contribution in [3.8, 4) is 0 Å². The number of carbonyl (C=O) groups excluding carboxylic acids is 1. The van der Waals surface area contributed by atoms with Crippen LogP contribution in [0, 0.1) is 6.92 Å². The number of sulfonamides is 1. The van der Waals surface area contributed by atoms with Gasteiger partial charge in [0.2, 0.25) is 10.0 Å². The van der Waals surface area contributed by atoms with Gasteiger partial charge in [0.25, 0.3) is 5.91 Å². The van der Waals surface area contributed by atoms with E-state index < -0.39 is 15.9 Å². The third-order valence-corrected chi connectivity index (χ3v) is 6.15. The molecule has 1 amide bonds. The van der Waals surface area contributed by atoms with Gasteiger partial charge in [-0.3, -0.25) is 15.6 Å². The maximum atomic E-state index is 12.7. The average molecular weight is 417 g/mol. The topological polar surface area (TPSA) is 99.8 Å². The van der Waals surface area contributed by atoms with Crippen LogP contribution >= 0.6 is 12.2 Å². The van der Waals surface area contributed by atoms with Crippen molar-refractivity contribution in [3.63, 3.8) is 0 Å². The van der Waals surface area contributed by atoms with Gasteiger partial charge in [-0.15, -0.1) is 0 Å². The summed E-state index contributed by atoms with van der Waals surface area (Å²) in [5.74, 6) is -0.479. The molecule has 0 saturated carbocycles. The van der Waals surface area contributed by atoms with Crippen molar-refractivity contribution in [2.24, 2.45) is 0 Å². The fraction of sp³-hybridized carbons (Fsp3) is 0.529. The second-order valence-electron chi connectivity index (χ2n) is 5.98. The first-order chi connectivity index (χ1) is 12.7. The Kier molecular flexibility index (Phi) is 9.10. The smallest absolute Gasteiger partial charge is 0.269 e. The third-order valence-electron chi connectivity index (χ3n) is 3.88. The number of nitrogens with zero attached hydrogens (tertiary/aromatic N) is 1. The van der Waals surface area contributed by atoms with E-state index >= 15 is 0 Å². The van der Waals surface area contributed by atoms with Gasteiger partial charge >= 0.3 is 0 Å². The molecule has 0 radical (unpaired) electrons. The number of rotatable bonds is 8. The molecule has 0 aliphatic heterocycles. The molecule has 8 nitrogen and oxygen atoms in total. The maximum Gasteiger partial charge on any atom is 0.269 e. The van der Waals surface area contributed by atoms with E-state index in [1.165, 1.54) is 16.4 Å². The number of benzene rings is 1. The van der Waals surface area contributed by atoms with Crippen LogP contribution in [-0.4, -0.2) is 56.6 Å². The minimum atomic E-state index is -3.65. The summed E-state index contributed by atoms with van der Waals surface area (Å²) >= 11 is 5.10. The highest BCUT2D eigenvalue weighted by Crippen LogP contribution is 2.19. The van der Waals surface area contributed by atoms with Gasteiger partial charge in [-0.05, 0) is 43.8 Å². The van der Waals surface area contributed by atoms with Gasteiger partial charge in [0, 0.05) is 31.8 Å². The van der Waals surface area contributed by atoms with E-state index in [-0.39, 0.29) is 21.6 Å². The van der Waals surface area contributed by atoms with Crippen LogP contribution in [0.4, 0.5) is 0 Å². The van der Waals surface area contributed by atoms with Crippen molar-refractivity contribution in [2.45, 2.75) is 38.6 Å². The van der Waals surface area contributed by atoms with Crippen LogP contribution in [0.2, 0.25) is 0 Å². The Bertz CT molecular complexity index is 764. The molecular weight excluding hydrogens is 388 g/mol. The lowest BCUT2D eigenvalue weighted by Gasteiger charge is -2.19. The Morgan fingerprint density at radius 3 is 2.44 bits per heavy atom. The molecule has 1 aromatic rings. The number of hydrogen-bond donors (Lipinski definition) is 3. The number of methoxy groups -OCH3 is 1. The first-order valence-corrected chi connectivity index (χ1v) is 10.5. The molecule has 0 aliphatic carbocycles. The standard InChI is InChI=1S/C17H28N4O4S2/c1-6-21(7-2)27(23,24)14-9-8-12(3)15(10-14)16(22)19-20-17(26)18-13(4)11-25-5/h8-10,13H,6-7,11H2,1-5H3,(H,19,22)(H2,18,20,26)/t13-/m0/s1. The van der Waals surface area contributed by atoms with Crippen molar-refractivity contribution < 1.29 is 17.9 Å². The van der Waals surface area contributed by atoms with E-state index in [9.17, 15) is 13.2 Å². The monoisotopic (exact) mass is 416 g/mol. The highest BCUT2D eigenvalue weighted by atomic mass is 32.2. The lowest BCUT2D eigenvalue weighted by atomic mass is 10.1.